The average molecular weight is 162 g/mol. The molecule has 1 rings (SSSR count). The van der Waals surface area contributed by atoms with Crippen molar-refractivity contribution in [2.45, 2.75) is 31.8 Å². The Balaban J connectivity index is 2.30. The maximum absolute atomic E-state index is 9.22. The quantitative estimate of drug-likeness (QED) is 0.587. The molecule has 0 aliphatic carbocycles. The van der Waals surface area contributed by atoms with E-state index in [1.54, 1.807) is 0 Å². The van der Waals surface area contributed by atoms with Crippen LogP contribution in [0.2, 0.25) is 0 Å². The van der Waals surface area contributed by atoms with E-state index in [0.29, 0.717) is 13.0 Å². The van der Waals surface area contributed by atoms with Gasteiger partial charge in [-0.2, -0.15) is 0 Å². The minimum atomic E-state index is -0.587. The largest absolute Gasteiger partial charge is 0.394 e. The van der Waals surface area contributed by atoms with Gasteiger partial charge < -0.3 is 19.7 Å². The third-order valence-electron chi connectivity index (χ3n) is 1.72. The lowest BCUT2D eigenvalue weighted by molar-refractivity contribution is -0.140. The molecule has 1 aliphatic rings. The lowest BCUT2D eigenvalue weighted by Gasteiger charge is -2.10. The zero-order chi connectivity index (χ0) is 8.27. The molecule has 0 amide bonds. The highest BCUT2D eigenvalue weighted by Gasteiger charge is 2.33. The third-order valence-corrected chi connectivity index (χ3v) is 1.72. The van der Waals surface area contributed by atoms with Crippen molar-refractivity contribution in [2.75, 3.05) is 13.2 Å². The second-order valence-corrected chi connectivity index (χ2v) is 2.55. The van der Waals surface area contributed by atoms with E-state index in [9.17, 15) is 5.11 Å². The van der Waals surface area contributed by atoms with Crippen molar-refractivity contribution < 1.29 is 19.7 Å². The first-order valence-electron chi connectivity index (χ1n) is 3.84. The van der Waals surface area contributed by atoms with Crippen LogP contribution >= 0.6 is 0 Å². The van der Waals surface area contributed by atoms with E-state index in [1.165, 1.54) is 0 Å². The first-order valence-corrected chi connectivity index (χ1v) is 3.84. The summed E-state index contributed by atoms with van der Waals surface area (Å²) in [6.07, 6.45) is -0.936. The van der Waals surface area contributed by atoms with Crippen LogP contribution in [0.1, 0.15) is 13.3 Å². The van der Waals surface area contributed by atoms with Gasteiger partial charge in [0.15, 0.2) is 6.29 Å². The summed E-state index contributed by atoms with van der Waals surface area (Å²) < 4.78 is 10.3. The molecule has 4 nitrogen and oxygen atoms in total. The van der Waals surface area contributed by atoms with Crippen molar-refractivity contribution in [3.05, 3.63) is 0 Å². The molecule has 0 radical (unpaired) electrons. The molecular formula is C7H14O4. The molecule has 0 aromatic rings. The molecule has 1 saturated heterocycles. The van der Waals surface area contributed by atoms with Crippen LogP contribution < -0.4 is 0 Å². The lowest BCUT2D eigenvalue weighted by atomic mass is 10.2. The summed E-state index contributed by atoms with van der Waals surface area (Å²) in [5.74, 6) is 0. The molecule has 0 spiro atoms. The number of hydrogen-bond acceptors (Lipinski definition) is 4. The minimum Gasteiger partial charge on any atom is -0.394 e. The summed E-state index contributed by atoms with van der Waals surface area (Å²) in [6.45, 7) is 2.28. The normalized spacial score (nSPS) is 37.9. The Bertz CT molecular complexity index is 117. The maximum atomic E-state index is 9.22. The molecule has 2 N–H and O–H groups in total. The molecule has 0 aromatic carbocycles. The van der Waals surface area contributed by atoms with Crippen molar-refractivity contribution in [3.63, 3.8) is 0 Å². The molecule has 0 bridgehead atoms. The van der Waals surface area contributed by atoms with Gasteiger partial charge in [-0.15, -0.1) is 0 Å². The zero-order valence-electron chi connectivity index (χ0n) is 6.56. The van der Waals surface area contributed by atoms with E-state index in [0.717, 1.165) is 0 Å². The molecule has 0 saturated carbocycles. The van der Waals surface area contributed by atoms with Crippen LogP contribution in [0.4, 0.5) is 0 Å². The van der Waals surface area contributed by atoms with Gasteiger partial charge >= 0.3 is 0 Å². The van der Waals surface area contributed by atoms with Crippen molar-refractivity contribution in [1.29, 1.82) is 0 Å². The Hall–Kier alpha value is -0.160. The fourth-order valence-corrected chi connectivity index (χ4v) is 1.15. The van der Waals surface area contributed by atoms with Crippen molar-refractivity contribution >= 4 is 0 Å². The molecule has 1 fully saturated rings. The van der Waals surface area contributed by atoms with Gasteiger partial charge in [0, 0.05) is 13.0 Å². The van der Waals surface area contributed by atoms with Gasteiger partial charge in [0.05, 0.1) is 12.7 Å². The van der Waals surface area contributed by atoms with E-state index in [-0.39, 0.29) is 12.9 Å². The fraction of sp³-hybridized carbons (Fsp3) is 1.00. The molecule has 66 valence electrons. The van der Waals surface area contributed by atoms with Crippen LogP contribution in [-0.4, -0.2) is 41.9 Å². The van der Waals surface area contributed by atoms with Gasteiger partial charge in [-0.3, -0.25) is 0 Å². The summed E-state index contributed by atoms with van der Waals surface area (Å²) in [5.41, 5.74) is 0. The van der Waals surface area contributed by atoms with E-state index < -0.39 is 12.2 Å². The summed E-state index contributed by atoms with van der Waals surface area (Å²) >= 11 is 0. The van der Waals surface area contributed by atoms with Crippen molar-refractivity contribution in [1.82, 2.24) is 0 Å². The second-order valence-electron chi connectivity index (χ2n) is 2.55. The number of aliphatic hydroxyl groups excluding tert-OH is 2. The molecule has 1 heterocycles. The van der Waals surface area contributed by atoms with Crippen LogP contribution in [0.5, 0.6) is 0 Å². The minimum absolute atomic E-state index is 0.148. The van der Waals surface area contributed by atoms with Crippen LogP contribution in [0.3, 0.4) is 0 Å². The first-order chi connectivity index (χ1) is 5.27. The van der Waals surface area contributed by atoms with Gasteiger partial charge in [-0.05, 0) is 6.92 Å². The number of rotatable bonds is 3. The highest BCUT2D eigenvalue weighted by atomic mass is 16.7. The van der Waals surface area contributed by atoms with E-state index in [4.69, 9.17) is 14.6 Å². The van der Waals surface area contributed by atoms with E-state index >= 15 is 0 Å². The highest BCUT2D eigenvalue weighted by Crippen LogP contribution is 2.20. The molecule has 11 heavy (non-hydrogen) atoms. The lowest BCUT2D eigenvalue weighted by Crippen LogP contribution is -2.24. The second kappa shape index (κ2) is 4.01. The zero-order valence-corrected chi connectivity index (χ0v) is 6.56. The molecule has 0 aromatic heterocycles. The Labute approximate surface area is 65.7 Å². The van der Waals surface area contributed by atoms with Crippen LogP contribution in [0.15, 0.2) is 0 Å². The average Bonchev–Trinajstić information content (AvgIpc) is 2.32. The first kappa shape index (κ1) is 8.93. The Morgan fingerprint density at radius 3 is 2.82 bits per heavy atom. The Morgan fingerprint density at radius 2 is 2.36 bits per heavy atom. The molecule has 1 aliphatic heterocycles. The van der Waals surface area contributed by atoms with Crippen molar-refractivity contribution in [3.8, 4) is 0 Å². The standard InChI is InChI=1S/C7H14O4/c1-2-10-7-3-5(9)6(4-8)11-7/h5-9H,2-4H2,1H3/t5-,6-,7+/m0/s1. The van der Waals surface area contributed by atoms with Crippen LogP contribution in [-0.2, 0) is 9.47 Å². The van der Waals surface area contributed by atoms with Crippen molar-refractivity contribution in [2.24, 2.45) is 0 Å². The number of ether oxygens (including phenoxy) is 2. The van der Waals surface area contributed by atoms with Gasteiger partial charge in [-0.25, -0.2) is 0 Å². The fourth-order valence-electron chi connectivity index (χ4n) is 1.15. The summed E-state index contributed by atoms with van der Waals surface area (Å²) in [4.78, 5) is 0. The van der Waals surface area contributed by atoms with Gasteiger partial charge in [0.1, 0.15) is 6.10 Å². The van der Waals surface area contributed by atoms with Gasteiger partial charge in [0.25, 0.3) is 0 Å². The van der Waals surface area contributed by atoms with Gasteiger partial charge in [0.2, 0.25) is 0 Å². The highest BCUT2D eigenvalue weighted by molar-refractivity contribution is 4.76. The van der Waals surface area contributed by atoms with Gasteiger partial charge in [-0.1, -0.05) is 0 Å². The summed E-state index contributed by atoms with van der Waals surface area (Å²) in [5, 5.41) is 17.9. The summed E-state index contributed by atoms with van der Waals surface area (Å²) in [7, 11) is 0. The molecular weight excluding hydrogens is 148 g/mol. The molecule has 3 atom stereocenters. The monoisotopic (exact) mass is 162 g/mol. The third kappa shape index (κ3) is 2.13. The molecule has 0 unspecified atom stereocenters. The molecule has 4 heteroatoms. The Morgan fingerprint density at radius 1 is 1.64 bits per heavy atom. The predicted molar refractivity (Wildman–Crippen MR) is 38.0 cm³/mol. The topological polar surface area (TPSA) is 58.9 Å². The maximum Gasteiger partial charge on any atom is 0.160 e. The SMILES string of the molecule is CCO[C@H]1C[C@H](O)[C@H](CO)O1. The summed E-state index contributed by atoms with van der Waals surface area (Å²) in [6, 6.07) is 0. The number of hydrogen-bond donors (Lipinski definition) is 2. The predicted octanol–water partition coefficient (Wildman–Crippen LogP) is -0.509. The van der Waals surface area contributed by atoms with E-state index in [2.05, 4.69) is 0 Å². The smallest absolute Gasteiger partial charge is 0.160 e. The Kier molecular flexibility index (Phi) is 3.26. The number of aliphatic hydroxyl groups is 2. The van der Waals surface area contributed by atoms with Crippen LogP contribution in [0.25, 0.3) is 0 Å². The van der Waals surface area contributed by atoms with E-state index in [1.807, 2.05) is 6.92 Å². The van der Waals surface area contributed by atoms with Crippen LogP contribution in [0, 0.1) is 0 Å².